The smallest absolute Gasteiger partial charge is 0.132 e. The van der Waals surface area contributed by atoms with Crippen LogP contribution in [0.4, 0.5) is 0 Å². The number of fused-ring (bicyclic) bond motifs is 2. The number of hydrogen-bond acceptors (Lipinski definition) is 3. The highest BCUT2D eigenvalue weighted by atomic mass is 16.5. The monoisotopic (exact) mass is 197 g/mol. The third-order valence-electron chi connectivity index (χ3n) is 3.70. The summed E-state index contributed by atoms with van der Waals surface area (Å²) in [6.07, 6.45) is 5.64. The molecule has 0 saturated carbocycles. The zero-order valence-electron chi connectivity index (χ0n) is 8.78. The molecule has 0 amide bonds. The summed E-state index contributed by atoms with van der Waals surface area (Å²) < 4.78 is 0. The molecule has 2 heterocycles. The van der Waals surface area contributed by atoms with Crippen LogP contribution in [-0.2, 0) is 4.79 Å². The van der Waals surface area contributed by atoms with Gasteiger partial charge in [0.2, 0.25) is 0 Å². The Bertz CT molecular complexity index is 215. The minimum atomic E-state index is 0.336. The Morgan fingerprint density at radius 1 is 1.36 bits per heavy atom. The van der Waals surface area contributed by atoms with Gasteiger partial charge in [0, 0.05) is 24.9 Å². The maximum atomic E-state index is 11.3. The fourth-order valence-corrected chi connectivity index (χ4v) is 2.90. The fraction of sp³-hybridized carbons (Fsp3) is 0.909. The molecule has 0 spiro atoms. The van der Waals surface area contributed by atoms with E-state index in [1.165, 1.54) is 5.06 Å². The number of hydrogen-bond donors (Lipinski definition) is 1. The summed E-state index contributed by atoms with van der Waals surface area (Å²) in [5.41, 5.74) is 0. The van der Waals surface area contributed by atoms with E-state index in [9.17, 15) is 10.0 Å². The van der Waals surface area contributed by atoms with E-state index in [4.69, 9.17) is 0 Å². The summed E-state index contributed by atoms with van der Waals surface area (Å²) in [4.78, 5) is 11.3. The Kier molecular flexibility index (Phi) is 2.88. The van der Waals surface area contributed by atoms with Crippen LogP contribution in [0, 0.1) is 5.92 Å². The Balaban J connectivity index is 1.90. The molecule has 2 fully saturated rings. The van der Waals surface area contributed by atoms with Crippen molar-refractivity contribution >= 4 is 5.78 Å². The van der Waals surface area contributed by atoms with Gasteiger partial charge in [-0.3, -0.25) is 4.79 Å². The van der Waals surface area contributed by atoms with Crippen molar-refractivity contribution in [3.8, 4) is 0 Å². The molecule has 0 aromatic rings. The Hall–Kier alpha value is -0.410. The first-order valence-corrected chi connectivity index (χ1v) is 5.69. The minimum absolute atomic E-state index is 0.336. The van der Waals surface area contributed by atoms with Crippen molar-refractivity contribution in [2.45, 2.75) is 57.5 Å². The minimum Gasteiger partial charge on any atom is -0.313 e. The van der Waals surface area contributed by atoms with Crippen LogP contribution >= 0.6 is 0 Å². The van der Waals surface area contributed by atoms with Crippen LogP contribution in [0.5, 0.6) is 0 Å². The summed E-state index contributed by atoms with van der Waals surface area (Å²) in [5.74, 6) is 0.907. The molecule has 2 rings (SSSR count). The summed E-state index contributed by atoms with van der Waals surface area (Å²) in [6.45, 7) is 1.93. The maximum Gasteiger partial charge on any atom is 0.132 e. The van der Waals surface area contributed by atoms with Crippen molar-refractivity contribution in [1.82, 2.24) is 5.06 Å². The van der Waals surface area contributed by atoms with Crippen LogP contribution in [0.25, 0.3) is 0 Å². The van der Waals surface area contributed by atoms with Gasteiger partial charge in [0.15, 0.2) is 0 Å². The van der Waals surface area contributed by atoms with E-state index in [2.05, 4.69) is 0 Å². The van der Waals surface area contributed by atoms with Crippen LogP contribution in [0.2, 0.25) is 0 Å². The molecule has 2 bridgehead atoms. The van der Waals surface area contributed by atoms with E-state index in [1.54, 1.807) is 0 Å². The number of rotatable bonds is 3. The predicted molar refractivity (Wildman–Crippen MR) is 53.1 cm³/mol. The van der Waals surface area contributed by atoms with Crippen molar-refractivity contribution < 1.29 is 10.0 Å². The molecule has 0 aromatic heterocycles. The summed E-state index contributed by atoms with van der Waals surface area (Å²) in [5, 5.41) is 11.2. The normalized spacial score (nSPS) is 37.4. The van der Waals surface area contributed by atoms with Crippen molar-refractivity contribution in [2.75, 3.05) is 0 Å². The first-order valence-electron chi connectivity index (χ1n) is 5.69. The number of carbonyl (C=O) groups is 1. The van der Waals surface area contributed by atoms with Gasteiger partial charge in [0.25, 0.3) is 0 Å². The highest BCUT2D eigenvalue weighted by Crippen LogP contribution is 2.38. The van der Waals surface area contributed by atoms with E-state index in [-0.39, 0.29) is 0 Å². The van der Waals surface area contributed by atoms with Crippen molar-refractivity contribution in [1.29, 1.82) is 0 Å². The van der Waals surface area contributed by atoms with Crippen molar-refractivity contribution in [2.24, 2.45) is 5.92 Å². The number of carbonyl (C=O) groups excluding carboxylic acids is 1. The molecule has 2 saturated heterocycles. The van der Waals surface area contributed by atoms with Crippen molar-refractivity contribution in [3.63, 3.8) is 0 Å². The molecule has 3 heteroatoms. The average Bonchev–Trinajstić information content (AvgIpc) is 2.42. The highest BCUT2D eigenvalue weighted by Gasteiger charge is 2.40. The van der Waals surface area contributed by atoms with Gasteiger partial charge in [-0.1, -0.05) is 6.92 Å². The number of nitrogens with zero attached hydrogens (tertiary/aromatic N) is 1. The first-order chi connectivity index (χ1) is 6.70. The van der Waals surface area contributed by atoms with Crippen LogP contribution in [0.3, 0.4) is 0 Å². The summed E-state index contributed by atoms with van der Waals surface area (Å²) in [7, 11) is 0. The summed E-state index contributed by atoms with van der Waals surface area (Å²) in [6, 6.07) is 0.673. The van der Waals surface area contributed by atoms with Gasteiger partial charge in [0.1, 0.15) is 5.78 Å². The molecule has 0 aromatic carbocycles. The first kappa shape index (κ1) is 10.1. The third kappa shape index (κ3) is 1.84. The lowest BCUT2D eigenvalue weighted by Gasteiger charge is -2.34. The molecule has 1 N–H and O–H groups in total. The second kappa shape index (κ2) is 3.99. The summed E-state index contributed by atoms with van der Waals surface area (Å²) >= 11 is 0. The Labute approximate surface area is 85.0 Å². The van der Waals surface area contributed by atoms with Crippen molar-refractivity contribution in [3.05, 3.63) is 0 Å². The largest absolute Gasteiger partial charge is 0.313 e. The SMILES string of the molecule is CCC(=O)CC1CC2CCC(C1)N2O. The third-order valence-corrected chi connectivity index (χ3v) is 3.70. The van der Waals surface area contributed by atoms with E-state index < -0.39 is 0 Å². The molecular weight excluding hydrogens is 178 g/mol. The van der Waals surface area contributed by atoms with Gasteiger partial charge < -0.3 is 5.21 Å². The molecule has 2 aliphatic heterocycles. The van der Waals surface area contributed by atoms with Gasteiger partial charge in [0.05, 0.1) is 0 Å². The quantitative estimate of drug-likeness (QED) is 0.752. The fourth-order valence-electron chi connectivity index (χ4n) is 2.90. The Morgan fingerprint density at radius 2 is 1.93 bits per heavy atom. The van der Waals surface area contributed by atoms with Crippen LogP contribution in [0.1, 0.15) is 45.4 Å². The van der Waals surface area contributed by atoms with Gasteiger partial charge in [-0.2, -0.15) is 5.06 Å². The number of Topliss-reactive ketones (excluding diaryl/α,β-unsaturated/α-hetero) is 1. The molecule has 2 unspecified atom stereocenters. The Morgan fingerprint density at radius 3 is 2.43 bits per heavy atom. The van der Waals surface area contributed by atoms with E-state index in [0.717, 1.165) is 32.1 Å². The van der Waals surface area contributed by atoms with Gasteiger partial charge in [-0.15, -0.1) is 0 Å². The lowest BCUT2D eigenvalue weighted by molar-refractivity contribution is -0.159. The lowest BCUT2D eigenvalue weighted by atomic mass is 9.87. The average molecular weight is 197 g/mol. The molecule has 14 heavy (non-hydrogen) atoms. The van der Waals surface area contributed by atoms with Gasteiger partial charge >= 0.3 is 0 Å². The van der Waals surface area contributed by atoms with E-state index in [0.29, 0.717) is 30.2 Å². The number of piperidine rings is 1. The molecule has 80 valence electrons. The van der Waals surface area contributed by atoms with Gasteiger partial charge in [-0.25, -0.2) is 0 Å². The van der Waals surface area contributed by atoms with E-state index in [1.807, 2.05) is 6.92 Å². The second-order valence-corrected chi connectivity index (χ2v) is 4.70. The van der Waals surface area contributed by atoms with Crippen LogP contribution in [0.15, 0.2) is 0 Å². The lowest BCUT2D eigenvalue weighted by Crippen LogP contribution is -2.40. The maximum absolute atomic E-state index is 11.3. The van der Waals surface area contributed by atoms with E-state index >= 15 is 0 Å². The molecule has 0 radical (unpaired) electrons. The van der Waals surface area contributed by atoms with Crippen LogP contribution < -0.4 is 0 Å². The second-order valence-electron chi connectivity index (χ2n) is 4.70. The highest BCUT2D eigenvalue weighted by molar-refractivity contribution is 5.78. The number of ketones is 1. The zero-order chi connectivity index (χ0) is 10.1. The standard InChI is InChI=1S/C11H19NO2/c1-2-11(13)7-8-5-9-3-4-10(6-8)12(9)14/h8-10,14H,2-7H2,1H3. The predicted octanol–water partition coefficient (Wildman–Crippen LogP) is 1.99. The van der Waals surface area contributed by atoms with Crippen LogP contribution in [-0.4, -0.2) is 28.1 Å². The van der Waals surface area contributed by atoms with Gasteiger partial charge in [-0.05, 0) is 31.6 Å². The zero-order valence-corrected chi connectivity index (χ0v) is 8.78. The molecule has 2 aliphatic rings. The molecule has 2 atom stereocenters. The molecular formula is C11H19NO2. The topological polar surface area (TPSA) is 40.5 Å². The molecule has 3 nitrogen and oxygen atoms in total. The number of hydroxylamine groups is 2. The molecule has 0 aliphatic carbocycles.